The van der Waals surface area contributed by atoms with Crippen LogP contribution in [0.3, 0.4) is 0 Å². The highest BCUT2D eigenvalue weighted by atomic mass is 14.9. The minimum Gasteiger partial charge on any atom is -0.312 e. The molecule has 0 radical (unpaired) electrons. The van der Waals surface area contributed by atoms with E-state index in [1.807, 2.05) is 0 Å². The summed E-state index contributed by atoms with van der Waals surface area (Å²) in [5.74, 6) is 1.63. The molecule has 4 atom stereocenters. The van der Waals surface area contributed by atoms with Crippen LogP contribution in [-0.2, 0) is 0 Å². The molecule has 0 spiro atoms. The van der Waals surface area contributed by atoms with Gasteiger partial charge in [-0.15, -0.1) is 0 Å². The van der Waals surface area contributed by atoms with Crippen molar-refractivity contribution in [2.45, 2.75) is 65.5 Å². The zero-order valence-corrected chi connectivity index (χ0v) is 10.8. The summed E-state index contributed by atoms with van der Waals surface area (Å²) in [6.45, 7) is 13.4. The Hall–Kier alpha value is -0.300. The van der Waals surface area contributed by atoms with Crippen molar-refractivity contribution in [1.82, 2.24) is 5.32 Å². The van der Waals surface area contributed by atoms with E-state index in [2.05, 4.69) is 39.6 Å². The third-order valence-electron chi connectivity index (χ3n) is 3.76. The Morgan fingerprint density at radius 1 is 1.40 bits per heavy atom. The molecule has 0 amide bonds. The largest absolute Gasteiger partial charge is 0.312 e. The lowest BCUT2D eigenvalue weighted by atomic mass is 9.77. The maximum Gasteiger partial charge on any atom is 0.00726 e. The molecule has 1 fully saturated rings. The van der Waals surface area contributed by atoms with E-state index < -0.39 is 0 Å². The van der Waals surface area contributed by atoms with Crippen molar-refractivity contribution in [2.75, 3.05) is 0 Å². The summed E-state index contributed by atoms with van der Waals surface area (Å²) in [4.78, 5) is 0. The predicted molar refractivity (Wildman–Crippen MR) is 68.0 cm³/mol. The van der Waals surface area contributed by atoms with Crippen molar-refractivity contribution in [3.05, 3.63) is 12.2 Å². The molecule has 1 heteroatoms. The molecule has 4 unspecified atom stereocenters. The van der Waals surface area contributed by atoms with Gasteiger partial charge in [-0.25, -0.2) is 0 Å². The van der Waals surface area contributed by atoms with Crippen LogP contribution in [0.2, 0.25) is 0 Å². The molecule has 1 nitrogen and oxygen atoms in total. The molecule has 1 aliphatic carbocycles. The van der Waals surface area contributed by atoms with Crippen molar-refractivity contribution in [2.24, 2.45) is 11.8 Å². The SMILES string of the molecule is C=C1CC(C)CC(C(C)NC(C)CC)C1. The van der Waals surface area contributed by atoms with Crippen LogP contribution in [0, 0.1) is 11.8 Å². The number of nitrogens with one attached hydrogen (secondary N) is 1. The molecule has 1 N–H and O–H groups in total. The number of hydrogen-bond acceptors (Lipinski definition) is 1. The molecule has 0 aromatic rings. The number of rotatable bonds is 4. The molecule has 1 saturated carbocycles. The van der Waals surface area contributed by atoms with E-state index in [1.165, 1.54) is 31.3 Å². The molecule has 88 valence electrons. The minimum absolute atomic E-state index is 0.638. The van der Waals surface area contributed by atoms with Gasteiger partial charge in [-0.1, -0.05) is 26.0 Å². The van der Waals surface area contributed by atoms with Crippen molar-refractivity contribution < 1.29 is 0 Å². The third kappa shape index (κ3) is 3.98. The van der Waals surface area contributed by atoms with Crippen LogP contribution in [0.5, 0.6) is 0 Å². The highest BCUT2D eigenvalue weighted by molar-refractivity contribution is 5.03. The first kappa shape index (κ1) is 12.8. The summed E-state index contributed by atoms with van der Waals surface area (Å²) in [6.07, 6.45) is 5.05. The first-order valence-electron chi connectivity index (χ1n) is 6.45. The van der Waals surface area contributed by atoms with Gasteiger partial charge in [0.05, 0.1) is 0 Å². The van der Waals surface area contributed by atoms with Gasteiger partial charge in [0.1, 0.15) is 0 Å². The Labute approximate surface area is 95.3 Å². The second-order valence-corrected chi connectivity index (χ2v) is 5.52. The van der Waals surface area contributed by atoms with E-state index in [0.29, 0.717) is 12.1 Å². The van der Waals surface area contributed by atoms with Gasteiger partial charge < -0.3 is 5.32 Å². The fourth-order valence-corrected chi connectivity index (χ4v) is 2.71. The van der Waals surface area contributed by atoms with Gasteiger partial charge in [0.25, 0.3) is 0 Å². The summed E-state index contributed by atoms with van der Waals surface area (Å²) in [5, 5.41) is 3.70. The maximum absolute atomic E-state index is 4.17. The van der Waals surface area contributed by atoms with Gasteiger partial charge in [-0.3, -0.25) is 0 Å². The second-order valence-electron chi connectivity index (χ2n) is 5.52. The summed E-state index contributed by atoms with van der Waals surface area (Å²) >= 11 is 0. The van der Waals surface area contributed by atoms with E-state index >= 15 is 0 Å². The van der Waals surface area contributed by atoms with Crippen LogP contribution in [0.25, 0.3) is 0 Å². The Morgan fingerprint density at radius 2 is 2.07 bits per heavy atom. The smallest absolute Gasteiger partial charge is 0.00726 e. The Balaban J connectivity index is 2.44. The fourth-order valence-electron chi connectivity index (χ4n) is 2.71. The molecule has 0 heterocycles. The van der Waals surface area contributed by atoms with Gasteiger partial charge in [0, 0.05) is 12.1 Å². The zero-order valence-electron chi connectivity index (χ0n) is 10.8. The van der Waals surface area contributed by atoms with Crippen LogP contribution in [0.15, 0.2) is 12.2 Å². The molecule has 0 saturated heterocycles. The van der Waals surface area contributed by atoms with Crippen molar-refractivity contribution in [3.63, 3.8) is 0 Å². The van der Waals surface area contributed by atoms with Crippen molar-refractivity contribution in [1.29, 1.82) is 0 Å². The summed E-state index contributed by atoms with van der Waals surface area (Å²) in [5.41, 5.74) is 1.46. The first-order valence-corrected chi connectivity index (χ1v) is 6.45. The van der Waals surface area contributed by atoms with Crippen LogP contribution in [0.1, 0.15) is 53.4 Å². The van der Waals surface area contributed by atoms with E-state index in [4.69, 9.17) is 0 Å². The fraction of sp³-hybridized carbons (Fsp3) is 0.857. The molecular weight excluding hydrogens is 182 g/mol. The Morgan fingerprint density at radius 3 is 2.60 bits per heavy atom. The average molecular weight is 209 g/mol. The van der Waals surface area contributed by atoms with Gasteiger partial charge in [-0.2, -0.15) is 0 Å². The molecule has 15 heavy (non-hydrogen) atoms. The van der Waals surface area contributed by atoms with Gasteiger partial charge in [0.2, 0.25) is 0 Å². The minimum atomic E-state index is 0.638. The van der Waals surface area contributed by atoms with Crippen molar-refractivity contribution >= 4 is 0 Å². The van der Waals surface area contributed by atoms with Gasteiger partial charge in [0.15, 0.2) is 0 Å². The highest BCUT2D eigenvalue weighted by Crippen LogP contribution is 2.33. The quantitative estimate of drug-likeness (QED) is 0.695. The Kier molecular flexibility index (Phi) is 4.85. The van der Waals surface area contributed by atoms with E-state index in [-0.39, 0.29) is 0 Å². The van der Waals surface area contributed by atoms with E-state index in [9.17, 15) is 0 Å². The molecule has 0 aromatic heterocycles. The number of hydrogen-bond donors (Lipinski definition) is 1. The van der Waals surface area contributed by atoms with Crippen LogP contribution < -0.4 is 5.32 Å². The lowest BCUT2D eigenvalue weighted by Gasteiger charge is -2.34. The van der Waals surface area contributed by atoms with Crippen LogP contribution >= 0.6 is 0 Å². The lowest BCUT2D eigenvalue weighted by molar-refractivity contribution is 0.257. The lowest BCUT2D eigenvalue weighted by Crippen LogP contribution is -2.41. The molecule has 0 bridgehead atoms. The zero-order chi connectivity index (χ0) is 11.4. The van der Waals surface area contributed by atoms with Crippen LogP contribution in [-0.4, -0.2) is 12.1 Å². The monoisotopic (exact) mass is 209 g/mol. The Bertz CT molecular complexity index is 209. The highest BCUT2D eigenvalue weighted by Gasteiger charge is 2.25. The maximum atomic E-state index is 4.17. The van der Waals surface area contributed by atoms with Gasteiger partial charge >= 0.3 is 0 Å². The third-order valence-corrected chi connectivity index (χ3v) is 3.76. The summed E-state index contributed by atoms with van der Waals surface area (Å²) in [6, 6.07) is 1.28. The normalized spacial score (nSPS) is 31.3. The molecule has 1 rings (SSSR count). The molecular formula is C14H27N. The topological polar surface area (TPSA) is 12.0 Å². The van der Waals surface area contributed by atoms with Crippen molar-refractivity contribution in [3.8, 4) is 0 Å². The first-order chi connectivity index (χ1) is 7.02. The average Bonchev–Trinajstić information content (AvgIpc) is 2.16. The van der Waals surface area contributed by atoms with E-state index in [0.717, 1.165) is 11.8 Å². The van der Waals surface area contributed by atoms with Crippen LogP contribution in [0.4, 0.5) is 0 Å². The number of allylic oxidation sites excluding steroid dienone is 1. The molecule has 1 aliphatic rings. The standard InChI is InChI=1S/C14H27N/c1-6-12(4)15-13(5)14-8-10(2)7-11(3)9-14/h11-15H,2,6-9H2,1,3-5H3. The van der Waals surface area contributed by atoms with Gasteiger partial charge in [-0.05, 0) is 51.4 Å². The second kappa shape index (κ2) is 5.69. The summed E-state index contributed by atoms with van der Waals surface area (Å²) < 4.78 is 0. The van der Waals surface area contributed by atoms with E-state index in [1.54, 1.807) is 0 Å². The predicted octanol–water partition coefficient (Wildman–Crippen LogP) is 3.76. The molecule has 0 aliphatic heterocycles. The molecule has 0 aromatic carbocycles. The summed E-state index contributed by atoms with van der Waals surface area (Å²) in [7, 11) is 0.